The third-order valence-corrected chi connectivity index (χ3v) is 4.80. The number of carbonyl (C=O) groups is 1. The summed E-state index contributed by atoms with van der Waals surface area (Å²) < 4.78 is 1.48. The zero-order chi connectivity index (χ0) is 16.9. The van der Waals surface area contributed by atoms with Gasteiger partial charge in [-0.25, -0.2) is 4.98 Å². The first-order valence-electron chi connectivity index (χ1n) is 8.53. The first kappa shape index (κ1) is 16.6. The van der Waals surface area contributed by atoms with Crippen LogP contribution in [0.25, 0.3) is 10.9 Å². The highest BCUT2D eigenvalue weighted by Crippen LogP contribution is 2.23. The van der Waals surface area contributed by atoms with E-state index in [-0.39, 0.29) is 36.5 Å². The number of aryl methyl sites for hydroxylation is 1. The summed E-state index contributed by atoms with van der Waals surface area (Å²) in [6, 6.07) is 7.23. The molecular weight excluding hydrogens is 306 g/mol. The number of carbonyl (C=O) groups excluding carboxylic acids is 1. The highest BCUT2D eigenvalue weighted by molar-refractivity contribution is 5.77. The Morgan fingerprint density at radius 2 is 2.08 bits per heavy atom. The lowest BCUT2D eigenvalue weighted by molar-refractivity contribution is -0.122. The van der Waals surface area contributed by atoms with Gasteiger partial charge in [-0.1, -0.05) is 25.0 Å². The Morgan fingerprint density at radius 1 is 1.29 bits per heavy atom. The molecule has 2 aromatic rings. The number of aromatic nitrogens is 2. The molecule has 0 spiro atoms. The van der Waals surface area contributed by atoms with Crippen molar-refractivity contribution in [3.05, 3.63) is 40.9 Å². The molecular formula is C18H23N3O3. The summed E-state index contributed by atoms with van der Waals surface area (Å²) in [7, 11) is 0. The Balaban J connectivity index is 1.62. The first-order valence-corrected chi connectivity index (χ1v) is 8.53. The van der Waals surface area contributed by atoms with Gasteiger partial charge in [0.15, 0.2) is 0 Å². The minimum atomic E-state index is -0.126. The van der Waals surface area contributed by atoms with Crippen LogP contribution in [0.1, 0.15) is 32.1 Å². The standard InChI is InChI=1S/C18H23N3O3/c22-11-13-5-1-3-7-15(13)20-17(23)9-10-21-12-19-16-8-4-2-6-14(16)18(21)24/h2,4,6,8,12-13,15,22H,1,3,5,7,9-11H2,(H,20,23). The van der Waals surface area contributed by atoms with Crippen LogP contribution in [0.2, 0.25) is 0 Å². The van der Waals surface area contributed by atoms with Gasteiger partial charge in [0.1, 0.15) is 0 Å². The van der Waals surface area contributed by atoms with E-state index >= 15 is 0 Å². The van der Waals surface area contributed by atoms with Crippen LogP contribution in [0, 0.1) is 5.92 Å². The van der Waals surface area contributed by atoms with Gasteiger partial charge in [-0.2, -0.15) is 0 Å². The molecule has 0 saturated heterocycles. The number of hydrogen-bond acceptors (Lipinski definition) is 4. The van der Waals surface area contributed by atoms with Crippen molar-refractivity contribution < 1.29 is 9.90 Å². The highest BCUT2D eigenvalue weighted by Gasteiger charge is 2.25. The topological polar surface area (TPSA) is 84.2 Å². The van der Waals surface area contributed by atoms with Crippen molar-refractivity contribution >= 4 is 16.8 Å². The molecule has 128 valence electrons. The predicted molar refractivity (Wildman–Crippen MR) is 91.6 cm³/mol. The Bertz CT molecular complexity index is 771. The molecule has 1 amide bonds. The van der Waals surface area contributed by atoms with Gasteiger partial charge >= 0.3 is 0 Å². The number of benzene rings is 1. The van der Waals surface area contributed by atoms with E-state index in [0.29, 0.717) is 17.4 Å². The number of para-hydroxylation sites is 1. The smallest absolute Gasteiger partial charge is 0.261 e. The number of amides is 1. The third-order valence-electron chi connectivity index (χ3n) is 4.80. The van der Waals surface area contributed by atoms with E-state index < -0.39 is 0 Å². The van der Waals surface area contributed by atoms with E-state index in [1.165, 1.54) is 10.9 Å². The number of nitrogens with zero attached hydrogens (tertiary/aromatic N) is 2. The fourth-order valence-corrected chi connectivity index (χ4v) is 3.38. The molecule has 1 heterocycles. The molecule has 6 heteroatoms. The summed E-state index contributed by atoms with van der Waals surface area (Å²) in [6.45, 7) is 0.415. The molecule has 0 aliphatic heterocycles. The Morgan fingerprint density at radius 3 is 2.92 bits per heavy atom. The van der Waals surface area contributed by atoms with E-state index in [1.807, 2.05) is 6.07 Å². The molecule has 3 rings (SSSR count). The number of hydrogen-bond donors (Lipinski definition) is 2. The monoisotopic (exact) mass is 329 g/mol. The summed E-state index contributed by atoms with van der Waals surface area (Å²) in [5.41, 5.74) is 0.537. The molecule has 1 aliphatic rings. The number of aliphatic hydroxyl groups excluding tert-OH is 1. The second-order valence-corrected chi connectivity index (χ2v) is 6.41. The molecule has 1 aromatic carbocycles. The van der Waals surface area contributed by atoms with Crippen molar-refractivity contribution in [2.45, 2.75) is 44.7 Å². The van der Waals surface area contributed by atoms with Crippen LogP contribution in [0.15, 0.2) is 35.4 Å². The minimum absolute atomic E-state index is 0.0442. The minimum Gasteiger partial charge on any atom is -0.396 e. The van der Waals surface area contributed by atoms with Crippen LogP contribution in [-0.2, 0) is 11.3 Å². The van der Waals surface area contributed by atoms with Crippen LogP contribution in [0.3, 0.4) is 0 Å². The average molecular weight is 329 g/mol. The number of aliphatic hydroxyl groups is 1. The van der Waals surface area contributed by atoms with Crippen molar-refractivity contribution in [2.75, 3.05) is 6.61 Å². The Labute approximate surface area is 140 Å². The molecule has 1 saturated carbocycles. The first-order chi connectivity index (χ1) is 11.7. The maximum absolute atomic E-state index is 12.4. The zero-order valence-corrected chi connectivity index (χ0v) is 13.6. The molecule has 1 aliphatic carbocycles. The van der Waals surface area contributed by atoms with Gasteiger partial charge in [0.2, 0.25) is 5.91 Å². The fourth-order valence-electron chi connectivity index (χ4n) is 3.38. The normalized spacial score (nSPS) is 20.9. The molecule has 1 fully saturated rings. The molecule has 2 unspecified atom stereocenters. The van der Waals surface area contributed by atoms with Crippen molar-refractivity contribution in [2.24, 2.45) is 5.92 Å². The second-order valence-electron chi connectivity index (χ2n) is 6.41. The van der Waals surface area contributed by atoms with Gasteiger partial charge in [0, 0.05) is 31.5 Å². The fraction of sp³-hybridized carbons (Fsp3) is 0.500. The summed E-state index contributed by atoms with van der Waals surface area (Å²) in [5, 5.41) is 13.0. The van der Waals surface area contributed by atoms with Crippen molar-refractivity contribution in [1.82, 2.24) is 14.9 Å². The van der Waals surface area contributed by atoms with Gasteiger partial charge in [-0.15, -0.1) is 0 Å². The summed E-state index contributed by atoms with van der Waals surface area (Å²) >= 11 is 0. The Hall–Kier alpha value is -2.21. The SMILES string of the molecule is O=C(CCn1cnc2ccccc2c1=O)NC1CCCCC1CO. The third kappa shape index (κ3) is 3.64. The lowest BCUT2D eigenvalue weighted by Gasteiger charge is -2.30. The molecule has 1 aromatic heterocycles. The summed E-state index contributed by atoms with van der Waals surface area (Å²) in [6.07, 6.45) is 5.78. The van der Waals surface area contributed by atoms with Gasteiger partial charge in [0.25, 0.3) is 5.56 Å². The predicted octanol–water partition coefficient (Wildman–Crippen LogP) is 1.45. The zero-order valence-electron chi connectivity index (χ0n) is 13.6. The van der Waals surface area contributed by atoms with E-state index in [2.05, 4.69) is 10.3 Å². The van der Waals surface area contributed by atoms with Gasteiger partial charge in [-0.3, -0.25) is 14.2 Å². The molecule has 6 nitrogen and oxygen atoms in total. The average Bonchev–Trinajstić information content (AvgIpc) is 2.62. The molecule has 0 radical (unpaired) electrons. The van der Waals surface area contributed by atoms with Crippen LogP contribution in [0.5, 0.6) is 0 Å². The van der Waals surface area contributed by atoms with Crippen molar-refractivity contribution in [1.29, 1.82) is 0 Å². The highest BCUT2D eigenvalue weighted by atomic mass is 16.3. The van der Waals surface area contributed by atoms with Gasteiger partial charge < -0.3 is 10.4 Å². The molecule has 24 heavy (non-hydrogen) atoms. The van der Waals surface area contributed by atoms with Crippen LogP contribution < -0.4 is 10.9 Å². The molecule has 0 bridgehead atoms. The lowest BCUT2D eigenvalue weighted by Crippen LogP contribution is -2.43. The van der Waals surface area contributed by atoms with Crippen LogP contribution >= 0.6 is 0 Å². The maximum Gasteiger partial charge on any atom is 0.261 e. The molecule has 2 atom stereocenters. The summed E-state index contributed by atoms with van der Waals surface area (Å²) in [4.78, 5) is 28.8. The van der Waals surface area contributed by atoms with Gasteiger partial charge in [0.05, 0.1) is 17.2 Å². The maximum atomic E-state index is 12.4. The van der Waals surface area contributed by atoms with E-state index in [9.17, 15) is 14.7 Å². The van der Waals surface area contributed by atoms with Crippen LogP contribution in [0.4, 0.5) is 0 Å². The largest absolute Gasteiger partial charge is 0.396 e. The summed E-state index contributed by atoms with van der Waals surface area (Å²) in [5.74, 6) is 0.0631. The quantitative estimate of drug-likeness (QED) is 0.870. The number of fused-ring (bicyclic) bond motifs is 1. The van der Waals surface area contributed by atoms with E-state index in [1.54, 1.807) is 18.2 Å². The lowest BCUT2D eigenvalue weighted by atomic mass is 9.85. The van der Waals surface area contributed by atoms with E-state index in [0.717, 1.165) is 25.7 Å². The van der Waals surface area contributed by atoms with Crippen molar-refractivity contribution in [3.63, 3.8) is 0 Å². The molecule has 2 N–H and O–H groups in total. The number of nitrogens with one attached hydrogen (secondary N) is 1. The number of rotatable bonds is 5. The van der Waals surface area contributed by atoms with Crippen LogP contribution in [-0.4, -0.2) is 33.2 Å². The Kier molecular flexibility index (Phi) is 5.25. The van der Waals surface area contributed by atoms with Gasteiger partial charge in [-0.05, 0) is 25.0 Å². The van der Waals surface area contributed by atoms with E-state index in [4.69, 9.17) is 0 Å². The van der Waals surface area contributed by atoms with Crippen molar-refractivity contribution in [3.8, 4) is 0 Å². The second kappa shape index (κ2) is 7.57.